The lowest BCUT2D eigenvalue weighted by molar-refractivity contribution is -0.115. The van der Waals surface area contributed by atoms with Crippen LogP contribution in [-0.2, 0) is 4.79 Å². The molecule has 0 aliphatic carbocycles. The van der Waals surface area contributed by atoms with Crippen molar-refractivity contribution in [3.8, 4) is 0 Å². The van der Waals surface area contributed by atoms with Gasteiger partial charge in [-0.3, -0.25) is 9.20 Å². The molecule has 0 saturated heterocycles. The number of carbonyl (C=O) groups is 1. The molecular weight excluding hydrogens is 383 g/mol. The SMILES string of the molecule is CCC(Sc1nnc(C)n2c1cc1sccc12)C(=O)Nc1ccccc1F. The van der Waals surface area contributed by atoms with Crippen LogP contribution in [0.15, 0.2) is 46.8 Å². The second-order valence-corrected chi connectivity index (χ2v) is 8.21. The number of hydrogen-bond acceptors (Lipinski definition) is 5. The zero-order valence-corrected chi connectivity index (χ0v) is 16.4. The molecule has 0 saturated carbocycles. The number of aromatic nitrogens is 3. The van der Waals surface area contributed by atoms with Crippen LogP contribution >= 0.6 is 23.1 Å². The highest BCUT2D eigenvalue weighted by molar-refractivity contribution is 8.00. The highest BCUT2D eigenvalue weighted by Crippen LogP contribution is 2.33. The summed E-state index contributed by atoms with van der Waals surface area (Å²) in [6.45, 7) is 3.84. The summed E-state index contributed by atoms with van der Waals surface area (Å²) in [5.74, 6) is 0.100. The number of thioether (sulfide) groups is 1. The monoisotopic (exact) mass is 400 g/mol. The lowest BCUT2D eigenvalue weighted by Crippen LogP contribution is -2.25. The molecule has 0 spiro atoms. The van der Waals surface area contributed by atoms with Crippen molar-refractivity contribution < 1.29 is 9.18 Å². The Bertz CT molecular complexity index is 1140. The Balaban J connectivity index is 1.64. The molecule has 0 bridgehead atoms. The van der Waals surface area contributed by atoms with Crippen LogP contribution in [-0.4, -0.2) is 25.8 Å². The summed E-state index contributed by atoms with van der Waals surface area (Å²) in [5, 5.41) is 13.6. The van der Waals surface area contributed by atoms with Crippen LogP contribution in [0, 0.1) is 12.7 Å². The molecule has 3 heterocycles. The average Bonchev–Trinajstić information content (AvgIpc) is 3.24. The number of hydrogen-bond donors (Lipinski definition) is 1. The summed E-state index contributed by atoms with van der Waals surface area (Å²) in [4.78, 5) is 12.7. The van der Waals surface area contributed by atoms with Gasteiger partial charge in [-0.15, -0.1) is 21.5 Å². The summed E-state index contributed by atoms with van der Waals surface area (Å²) in [7, 11) is 0. The van der Waals surface area contributed by atoms with E-state index in [2.05, 4.69) is 32.0 Å². The van der Waals surface area contributed by atoms with Crippen molar-refractivity contribution in [3.63, 3.8) is 0 Å². The third kappa shape index (κ3) is 3.30. The topological polar surface area (TPSA) is 59.3 Å². The van der Waals surface area contributed by atoms with Crippen LogP contribution in [0.3, 0.4) is 0 Å². The van der Waals surface area contributed by atoms with Crippen molar-refractivity contribution in [1.82, 2.24) is 14.6 Å². The van der Waals surface area contributed by atoms with Gasteiger partial charge in [-0.1, -0.05) is 30.8 Å². The molecule has 1 amide bonds. The first-order valence-corrected chi connectivity index (χ1v) is 10.3. The van der Waals surface area contributed by atoms with Crippen molar-refractivity contribution in [2.24, 2.45) is 0 Å². The van der Waals surface area contributed by atoms with Crippen molar-refractivity contribution in [3.05, 3.63) is 53.4 Å². The van der Waals surface area contributed by atoms with Crippen LogP contribution < -0.4 is 5.32 Å². The Kier molecular flexibility index (Phi) is 4.84. The van der Waals surface area contributed by atoms with E-state index in [1.54, 1.807) is 29.5 Å². The van der Waals surface area contributed by atoms with E-state index in [4.69, 9.17) is 0 Å². The Labute approximate surface area is 163 Å². The number of nitrogens with zero attached hydrogens (tertiary/aromatic N) is 3. The van der Waals surface area contributed by atoms with Crippen molar-refractivity contribution in [2.45, 2.75) is 30.5 Å². The van der Waals surface area contributed by atoms with Gasteiger partial charge in [0, 0.05) is 0 Å². The number of nitrogens with one attached hydrogen (secondary N) is 1. The average molecular weight is 401 g/mol. The summed E-state index contributed by atoms with van der Waals surface area (Å²) in [6, 6.07) is 10.3. The quantitative estimate of drug-likeness (QED) is 0.484. The number of aryl methyl sites for hydroxylation is 1. The Morgan fingerprint density at radius 1 is 1.30 bits per heavy atom. The van der Waals surface area contributed by atoms with Gasteiger partial charge in [0.15, 0.2) is 0 Å². The maximum atomic E-state index is 13.8. The van der Waals surface area contributed by atoms with Crippen molar-refractivity contribution in [1.29, 1.82) is 0 Å². The molecular formula is C19H17FN4OS2. The van der Waals surface area contributed by atoms with E-state index in [-0.39, 0.29) is 11.6 Å². The molecule has 0 aliphatic rings. The molecule has 1 atom stereocenters. The molecule has 1 N–H and O–H groups in total. The van der Waals surface area contributed by atoms with Gasteiger partial charge in [0.2, 0.25) is 5.91 Å². The number of halogens is 1. The van der Waals surface area contributed by atoms with Gasteiger partial charge in [0.1, 0.15) is 16.7 Å². The zero-order valence-electron chi connectivity index (χ0n) is 14.8. The predicted molar refractivity (Wildman–Crippen MR) is 108 cm³/mol. The summed E-state index contributed by atoms with van der Waals surface area (Å²) in [6.07, 6.45) is 0.585. The molecule has 4 rings (SSSR count). The van der Waals surface area contributed by atoms with Gasteiger partial charge in [-0.2, -0.15) is 0 Å². The Morgan fingerprint density at radius 2 is 2.11 bits per heavy atom. The molecule has 8 heteroatoms. The number of para-hydroxylation sites is 1. The fourth-order valence-electron chi connectivity index (χ4n) is 2.96. The minimum atomic E-state index is -0.449. The highest BCUT2D eigenvalue weighted by atomic mass is 32.2. The van der Waals surface area contributed by atoms with Gasteiger partial charge < -0.3 is 5.32 Å². The maximum Gasteiger partial charge on any atom is 0.237 e. The normalized spacial score (nSPS) is 12.6. The summed E-state index contributed by atoms with van der Waals surface area (Å²) >= 11 is 3.01. The third-order valence-corrected chi connectivity index (χ3v) is 6.50. The standard InChI is InChI=1S/C19H17FN4OS2/c1-3-16(18(25)21-13-7-5-4-6-12(13)20)27-19-15-10-17-14(8-9-26-17)24(15)11(2)22-23-19/h4-10,16H,3H2,1-2H3,(H,21,25). The first-order chi connectivity index (χ1) is 13.1. The molecule has 0 fully saturated rings. The van der Waals surface area contributed by atoms with Crippen LogP contribution in [0.4, 0.5) is 10.1 Å². The molecule has 27 heavy (non-hydrogen) atoms. The zero-order chi connectivity index (χ0) is 19.0. The highest BCUT2D eigenvalue weighted by Gasteiger charge is 2.22. The molecule has 0 radical (unpaired) electrons. The Morgan fingerprint density at radius 3 is 2.89 bits per heavy atom. The Hall–Kier alpha value is -2.45. The fraction of sp³-hybridized carbons (Fsp3) is 0.211. The van der Waals surface area contributed by atoms with Crippen LogP contribution in [0.5, 0.6) is 0 Å². The molecule has 138 valence electrons. The van der Waals surface area contributed by atoms with E-state index in [0.717, 1.165) is 21.6 Å². The molecule has 0 aliphatic heterocycles. The number of rotatable bonds is 5. The number of carbonyl (C=O) groups excluding carboxylic acids is 1. The number of benzene rings is 1. The molecule has 4 aromatic rings. The fourth-order valence-corrected chi connectivity index (χ4v) is 4.73. The predicted octanol–water partition coefficient (Wildman–Crippen LogP) is 4.90. The lowest BCUT2D eigenvalue weighted by Gasteiger charge is -2.15. The second kappa shape index (κ2) is 7.28. The lowest BCUT2D eigenvalue weighted by atomic mass is 10.2. The molecule has 1 unspecified atom stereocenters. The molecule has 5 nitrogen and oxygen atoms in total. The van der Waals surface area contributed by atoms with Gasteiger partial charge >= 0.3 is 0 Å². The molecule has 3 aromatic heterocycles. The van der Waals surface area contributed by atoms with E-state index in [0.29, 0.717) is 11.4 Å². The summed E-state index contributed by atoms with van der Waals surface area (Å²) in [5.41, 5.74) is 2.21. The number of amides is 1. The minimum absolute atomic E-state index is 0.185. The number of fused-ring (bicyclic) bond motifs is 3. The van der Waals surface area contributed by atoms with Crippen LogP contribution in [0.2, 0.25) is 0 Å². The molecule has 1 aromatic carbocycles. The van der Waals surface area contributed by atoms with E-state index in [1.807, 2.05) is 19.2 Å². The first kappa shape index (κ1) is 17.9. The van der Waals surface area contributed by atoms with Crippen molar-refractivity contribution >= 4 is 50.4 Å². The second-order valence-electron chi connectivity index (χ2n) is 6.07. The number of anilines is 1. The van der Waals surface area contributed by atoms with Crippen LogP contribution in [0.25, 0.3) is 15.7 Å². The van der Waals surface area contributed by atoms with Gasteiger partial charge in [0.05, 0.1) is 26.7 Å². The maximum absolute atomic E-state index is 13.8. The van der Waals surface area contributed by atoms with Crippen molar-refractivity contribution in [2.75, 3.05) is 5.32 Å². The van der Waals surface area contributed by atoms with Crippen LogP contribution in [0.1, 0.15) is 19.2 Å². The smallest absolute Gasteiger partial charge is 0.237 e. The van der Waals surface area contributed by atoms with E-state index < -0.39 is 11.1 Å². The van der Waals surface area contributed by atoms with Gasteiger partial charge in [0.25, 0.3) is 0 Å². The largest absolute Gasteiger partial charge is 0.323 e. The number of thiophene rings is 1. The van der Waals surface area contributed by atoms with E-state index in [1.165, 1.54) is 17.8 Å². The van der Waals surface area contributed by atoms with Gasteiger partial charge in [-0.05, 0) is 43.0 Å². The van der Waals surface area contributed by atoms with Gasteiger partial charge in [-0.25, -0.2) is 4.39 Å². The summed E-state index contributed by atoms with van der Waals surface area (Å²) < 4.78 is 17.0. The van der Waals surface area contributed by atoms with E-state index in [9.17, 15) is 9.18 Å². The first-order valence-electron chi connectivity index (χ1n) is 8.52. The van der Waals surface area contributed by atoms with E-state index >= 15 is 0 Å². The third-order valence-electron chi connectivity index (χ3n) is 4.30. The minimum Gasteiger partial charge on any atom is -0.323 e.